The molecule has 0 saturated carbocycles. The normalized spacial score (nSPS) is 14.4. The van der Waals surface area contributed by atoms with Crippen LogP contribution in [0.25, 0.3) is 0 Å². The third kappa shape index (κ3) is 46.4. The highest BCUT2D eigenvalue weighted by Crippen LogP contribution is 2.43. The molecule has 0 aliphatic rings. The van der Waals surface area contributed by atoms with Gasteiger partial charge in [-0.3, -0.25) is 18.6 Å². The fraction of sp³-hybridized carbons (Fsp3) is 0.654. The number of allylic oxidation sites excluding steroid dienone is 16. The highest BCUT2D eigenvalue weighted by atomic mass is 31.2. The molecule has 1 N–H and O–H groups in total. The summed E-state index contributed by atoms with van der Waals surface area (Å²) in [4.78, 5) is 35.5. The van der Waals surface area contributed by atoms with Crippen LogP contribution in [0.3, 0.4) is 0 Å². The number of carbonyl (C=O) groups is 2. The number of hydrogen-bond donors (Lipinski definition) is 1. The summed E-state index contributed by atoms with van der Waals surface area (Å²) in [5.41, 5.74) is 0. The Kier molecular flexibility index (Phi) is 41.1. The molecule has 0 saturated heterocycles. The van der Waals surface area contributed by atoms with Gasteiger partial charge in [-0.15, -0.1) is 0 Å². The smallest absolute Gasteiger partial charge is 0.462 e. The maximum absolute atomic E-state index is 12.7. The van der Waals surface area contributed by atoms with Crippen LogP contribution in [0.5, 0.6) is 0 Å². The van der Waals surface area contributed by atoms with Gasteiger partial charge in [0.05, 0.1) is 27.7 Å². The van der Waals surface area contributed by atoms with Gasteiger partial charge in [-0.25, -0.2) is 4.57 Å². The van der Waals surface area contributed by atoms with Crippen LogP contribution < -0.4 is 0 Å². The number of ether oxygens (including phenoxy) is 2. The molecule has 62 heavy (non-hydrogen) atoms. The largest absolute Gasteiger partial charge is 0.472 e. The number of esters is 2. The second-order valence-corrected chi connectivity index (χ2v) is 18.2. The monoisotopic (exact) mass is 887 g/mol. The van der Waals surface area contributed by atoms with Crippen molar-refractivity contribution in [2.24, 2.45) is 0 Å². The number of quaternary nitrogens is 1. The van der Waals surface area contributed by atoms with Crippen LogP contribution >= 0.6 is 7.82 Å². The average molecular weight is 887 g/mol. The van der Waals surface area contributed by atoms with Crippen molar-refractivity contribution < 1.29 is 42.1 Å². The van der Waals surface area contributed by atoms with E-state index in [9.17, 15) is 19.0 Å². The second-order valence-electron chi connectivity index (χ2n) is 16.7. The lowest BCUT2D eigenvalue weighted by molar-refractivity contribution is -0.870. The first kappa shape index (κ1) is 58.9. The third-order valence-electron chi connectivity index (χ3n) is 9.61. The molecule has 354 valence electrons. The Bertz CT molecular complexity index is 1370. The van der Waals surface area contributed by atoms with Crippen LogP contribution in [0.4, 0.5) is 0 Å². The molecule has 2 atom stereocenters. The minimum absolute atomic E-state index is 0.0200. The lowest BCUT2D eigenvalue weighted by atomic mass is 10.1. The first-order valence-electron chi connectivity index (χ1n) is 24.0. The van der Waals surface area contributed by atoms with E-state index >= 15 is 0 Å². The molecule has 0 aliphatic heterocycles. The highest BCUT2D eigenvalue weighted by molar-refractivity contribution is 7.47. The van der Waals surface area contributed by atoms with Crippen LogP contribution in [-0.4, -0.2) is 74.9 Å². The van der Waals surface area contributed by atoms with Gasteiger partial charge in [-0.2, -0.15) is 0 Å². The number of phosphoric ester groups is 1. The number of hydrogen-bond acceptors (Lipinski definition) is 7. The summed E-state index contributed by atoms with van der Waals surface area (Å²) in [5.74, 6) is -0.844. The number of phosphoric acid groups is 1. The maximum Gasteiger partial charge on any atom is 0.472 e. The number of likely N-dealkylation sites (N-methyl/N-ethyl adjacent to an activating group) is 1. The SMILES string of the molecule is CC/C=C\C/C=C\C/C=C\C/C=C\CCCCCCCCCCC(=O)OC(COC(=O)CCCCCC/C=C\C/C=C\C/C=C\C/C=C\CC)COP(=O)(O)OCC[N+](C)(C)C. The van der Waals surface area contributed by atoms with E-state index in [1.54, 1.807) is 0 Å². The van der Waals surface area contributed by atoms with Crippen molar-refractivity contribution in [3.63, 3.8) is 0 Å². The molecule has 0 heterocycles. The molecule has 0 radical (unpaired) electrons. The standard InChI is InChI=1S/C52H88NO8P/c1-6-8-10-12-14-16-18-20-22-24-25-26-27-29-31-33-35-37-39-41-43-45-52(55)61-50(49-60-62(56,57)59-47-46-53(3,4)5)48-58-51(54)44-42-40-38-36-34-32-30-28-23-21-19-17-15-13-11-9-7-2/h8-11,14-17,20-23,25-26,30,32,50H,6-7,12-13,18-19,24,27-29,31,33-49H2,1-5H3/p+1/b10-8-,11-9-,16-14-,17-15-,22-20-,23-21-,26-25-,32-30-. The highest BCUT2D eigenvalue weighted by Gasteiger charge is 2.27. The maximum atomic E-state index is 12.7. The van der Waals surface area contributed by atoms with Crippen molar-refractivity contribution >= 4 is 19.8 Å². The van der Waals surface area contributed by atoms with E-state index in [-0.39, 0.29) is 26.1 Å². The van der Waals surface area contributed by atoms with Gasteiger partial charge in [-0.05, 0) is 89.9 Å². The van der Waals surface area contributed by atoms with Crippen LogP contribution in [0, 0.1) is 0 Å². The Hall–Kier alpha value is -3.07. The quantitative estimate of drug-likeness (QED) is 0.0212. The van der Waals surface area contributed by atoms with Crippen molar-refractivity contribution in [2.75, 3.05) is 47.5 Å². The van der Waals surface area contributed by atoms with E-state index in [4.69, 9.17) is 18.5 Å². The summed E-state index contributed by atoms with van der Waals surface area (Å²) < 4.78 is 34.4. The molecule has 0 bridgehead atoms. The zero-order valence-corrected chi connectivity index (χ0v) is 40.7. The van der Waals surface area contributed by atoms with E-state index in [1.807, 2.05) is 21.1 Å². The zero-order valence-electron chi connectivity index (χ0n) is 39.8. The molecule has 2 unspecified atom stereocenters. The molecule has 0 aromatic rings. The molecule has 0 fully saturated rings. The van der Waals surface area contributed by atoms with Gasteiger partial charge in [0.15, 0.2) is 6.10 Å². The van der Waals surface area contributed by atoms with Crippen LogP contribution in [-0.2, 0) is 32.7 Å². The van der Waals surface area contributed by atoms with Gasteiger partial charge >= 0.3 is 19.8 Å². The van der Waals surface area contributed by atoms with Crippen LogP contribution in [0.2, 0.25) is 0 Å². The Morgan fingerprint density at radius 2 is 0.871 bits per heavy atom. The lowest BCUT2D eigenvalue weighted by Gasteiger charge is -2.24. The van der Waals surface area contributed by atoms with Gasteiger partial charge in [0.25, 0.3) is 0 Å². The summed E-state index contributed by atoms with van der Waals surface area (Å²) in [6.07, 6.45) is 57.4. The summed E-state index contributed by atoms with van der Waals surface area (Å²) in [6, 6.07) is 0. The fourth-order valence-electron chi connectivity index (χ4n) is 5.94. The zero-order chi connectivity index (χ0) is 45.7. The van der Waals surface area contributed by atoms with E-state index in [0.29, 0.717) is 23.9 Å². The molecule has 0 aromatic heterocycles. The van der Waals surface area contributed by atoms with Gasteiger partial charge in [0, 0.05) is 12.8 Å². The molecule has 0 aromatic carbocycles. The molecule has 10 heteroatoms. The van der Waals surface area contributed by atoms with Crippen molar-refractivity contribution in [1.29, 1.82) is 0 Å². The number of nitrogens with zero attached hydrogens (tertiary/aromatic N) is 1. The predicted molar refractivity (Wildman–Crippen MR) is 261 cm³/mol. The molecule has 9 nitrogen and oxygen atoms in total. The van der Waals surface area contributed by atoms with Crippen LogP contribution in [0.15, 0.2) is 97.2 Å². The van der Waals surface area contributed by atoms with Crippen molar-refractivity contribution in [3.8, 4) is 0 Å². The molecular weight excluding hydrogens is 798 g/mol. The van der Waals surface area contributed by atoms with Gasteiger partial charge in [-0.1, -0.05) is 162 Å². The Labute approximate surface area is 379 Å². The molecular formula is C52H89NO8P+. The predicted octanol–water partition coefficient (Wildman–Crippen LogP) is 14.1. The van der Waals surface area contributed by atoms with Gasteiger partial charge in [0.1, 0.15) is 19.8 Å². The van der Waals surface area contributed by atoms with Crippen molar-refractivity contribution in [2.45, 2.75) is 174 Å². The molecule has 0 amide bonds. The molecule has 0 rings (SSSR count). The number of unbranched alkanes of at least 4 members (excludes halogenated alkanes) is 12. The number of rotatable bonds is 42. The van der Waals surface area contributed by atoms with Crippen molar-refractivity contribution in [3.05, 3.63) is 97.2 Å². The Balaban J connectivity index is 4.37. The van der Waals surface area contributed by atoms with E-state index in [2.05, 4.69) is 111 Å². The van der Waals surface area contributed by atoms with E-state index in [0.717, 1.165) is 103 Å². The lowest BCUT2D eigenvalue weighted by Crippen LogP contribution is -2.37. The van der Waals surface area contributed by atoms with E-state index < -0.39 is 32.5 Å². The van der Waals surface area contributed by atoms with Crippen molar-refractivity contribution in [1.82, 2.24) is 0 Å². The Morgan fingerprint density at radius 1 is 0.500 bits per heavy atom. The summed E-state index contributed by atoms with van der Waals surface area (Å²) >= 11 is 0. The molecule has 0 spiro atoms. The topological polar surface area (TPSA) is 108 Å². The molecule has 0 aliphatic carbocycles. The fourth-order valence-corrected chi connectivity index (χ4v) is 6.68. The average Bonchev–Trinajstić information content (AvgIpc) is 3.23. The minimum Gasteiger partial charge on any atom is -0.462 e. The summed E-state index contributed by atoms with van der Waals surface area (Å²) in [6.45, 7) is 4.14. The van der Waals surface area contributed by atoms with E-state index in [1.165, 1.54) is 25.7 Å². The van der Waals surface area contributed by atoms with Gasteiger partial charge < -0.3 is 18.9 Å². The minimum atomic E-state index is -4.39. The number of carbonyl (C=O) groups excluding carboxylic acids is 2. The Morgan fingerprint density at radius 3 is 1.29 bits per heavy atom. The first-order chi connectivity index (χ1) is 30.0. The second kappa shape index (κ2) is 43.2. The summed E-state index contributed by atoms with van der Waals surface area (Å²) in [7, 11) is 1.44. The van der Waals surface area contributed by atoms with Crippen LogP contribution in [0.1, 0.15) is 168 Å². The van der Waals surface area contributed by atoms with Gasteiger partial charge in [0.2, 0.25) is 0 Å². The first-order valence-corrected chi connectivity index (χ1v) is 25.5. The summed E-state index contributed by atoms with van der Waals surface area (Å²) in [5, 5.41) is 0. The third-order valence-corrected chi connectivity index (χ3v) is 10.6.